The predicted octanol–water partition coefficient (Wildman–Crippen LogP) is 4.11. The van der Waals surface area contributed by atoms with E-state index in [0.717, 1.165) is 16.3 Å². The second kappa shape index (κ2) is 15.3. The number of hydrogen-bond donors (Lipinski definition) is 3. The third-order valence-electron chi connectivity index (χ3n) is 7.97. The van der Waals surface area contributed by atoms with Crippen LogP contribution < -0.4 is 16.4 Å². The van der Waals surface area contributed by atoms with Crippen LogP contribution in [0.2, 0.25) is 5.02 Å². The van der Waals surface area contributed by atoms with E-state index < -0.39 is 53.4 Å². The molecule has 0 aliphatic carbocycles. The standard InChI is InChI=1S/C35H42ClN5O6/c1-22-16-18-40(28(32(37)44)20-24-11-7-10-23-9-5-6-14-27(23)24)33(45)31(25-12-8-13-26(36)19-25)41(22)30(43)21-39-29(42)15-17-38-34(46)47-35(2,3)4/h5-14,19,22,28,31H,15-18,20-21H2,1-4H3,(H2,37,44)(H,38,46)(H,39,42). The average molecular weight is 664 g/mol. The van der Waals surface area contributed by atoms with Gasteiger partial charge in [-0.1, -0.05) is 66.2 Å². The van der Waals surface area contributed by atoms with E-state index in [-0.39, 0.29) is 32.5 Å². The fraction of sp³-hybridized carbons (Fsp3) is 0.400. The minimum atomic E-state index is -1.13. The van der Waals surface area contributed by atoms with Crippen molar-refractivity contribution in [3.63, 3.8) is 0 Å². The summed E-state index contributed by atoms with van der Waals surface area (Å²) in [5.41, 5.74) is 6.62. The molecule has 11 nitrogen and oxygen atoms in total. The third-order valence-corrected chi connectivity index (χ3v) is 8.20. The smallest absolute Gasteiger partial charge is 0.407 e. The number of benzene rings is 3. The maximum Gasteiger partial charge on any atom is 0.407 e. The number of primary amides is 1. The Labute approximate surface area is 279 Å². The highest BCUT2D eigenvalue weighted by molar-refractivity contribution is 6.30. The molecule has 1 fully saturated rings. The zero-order chi connectivity index (χ0) is 34.3. The molecule has 1 aliphatic heterocycles. The summed E-state index contributed by atoms with van der Waals surface area (Å²) in [4.78, 5) is 68.7. The summed E-state index contributed by atoms with van der Waals surface area (Å²) < 4.78 is 5.17. The molecule has 0 radical (unpaired) electrons. The number of hydrogen-bond acceptors (Lipinski definition) is 6. The number of alkyl carbamates (subject to hydrolysis) is 1. The van der Waals surface area contributed by atoms with Gasteiger partial charge in [0.05, 0.1) is 6.54 Å². The largest absolute Gasteiger partial charge is 0.444 e. The van der Waals surface area contributed by atoms with Gasteiger partial charge in [0.2, 0.25) is 17.7 Å². The van der Waals surface area contributed by atoms with Gasteiger partial charge in [0.25, 0.3) is 5.91 Å². The zero-order valence-corrected chi connectivity index (χ0v) is 27.9. The Kier molecular flexibility index (Phi) is 11.5. The summed E-state index contributed by atoms with van der Waals surface area (Å²) in [7, 11) is 0. The molecule has 1 saturated heterocycles. The molecular formula is C35H42ClN5O6. The molecule has 3 aromatic carbocycles. The van der Waals surface area contributed by atoms with E-state index in [2.05, 4.69) is 10.6 Å². The minimum Gasteiger partial charge on any atom is -0.444 e. The lowest BCUT2D eigenvalue weighted by Gasteiger charge is -2.36. The number of carbonyl (C=O) groups is 5. The number of halogens is 1. The number of carbonyl (C=O) groups excluding carboxylic acids is 5. The first-order chi connectivity index (χ1) is 22.2. The van der Waals surface area contributed by atoms with Gasteiger partial charge in [-0.2, -0.15) is 0 Å². The maximum absolute atomic E-state index is 14.5. The highest BCUT2D eigenvalue weighted by Gasteiger charge is 2.43. The highest BCUT2D eigenvalue weighted by atomic mass is 35.5. The van der Waals surface area contributed by atoms with E-state index >= 15 is 0 Å². The summed E-state index contributed by atoms with van der Waals surface area (Å²) in [6, 6.07) is 17.7. The molecule has 250 valence electrons. The van der Waals surface area contributed by atoms with Crippen LogP contribution in [-0.4, -0.2) is 76.8 Å². The van der Waals surface area contributed by atoms with Gasteiger partial charge in [0.1, 0.15) is 17.7 Å². The SMILES string of the molecule is CC1CCN(C(Cc2cccc3ccccc23)C(N)=O)C(=O)C(c2cccc(Cl)c2)N1C(=O)CNC(=O)CCNC(=O)OC(C)(C)C. The molecule has 1 heterocycles. The number of nitrogens with one attached hydrogen (secondary N) is 2. The molecule has 3 aromatic rings. The van der Waals surface area contributed by atoms with Crippen LogP contribution in [0.4, 0.5) is 4.79 Å². The lowest BCUT2D eigenvalue weighted by Crippen LogP contribution is -2.53. The first-order valence-corrected chi connectivity index (χ1v) is 16.0. The van der Waals surface area contributed by atoms with Crippen LogP contribution in [0.25, 0.3) is 10.8 Å². The Balaban J connectivity index is 1.56. The van der Waals surface area contributed by atoms with Gasteiger partial charge in [-0.15, -0.1) is 0 Å². The summed E-state index contributed by atoms with van der Waals surface area (Å²) >= 11 is 6.34. The molecule has 4 N–H and O–H groups in total. The second-order valence-corrected chi connectivity index (χ2v) is 13.1. The molecule has 0 saturated carbocycles. The van der Waals surface area contributed by atoms with Gasteiger partial charge in [-0.25, -0.2) is 4.79 Å². The van der Waals surface area contributed by atoms with E-state index in [9.17, 15) is 24.0 Å². The van der Waals surface area contributed by atoms with Gasteiger partial charge in [0.15, 0.2) is 0 Å². The Morgan fingerprint density at radius 2 is 1.72 bits per heavy atom. The van der Waals surface area contributed by atoms with E-state index in [1.165, 1.54) is 9.80 Å². The number of nitrogens with two attached hydrogens (primary N) is 1. The van der Waals surface area contributed by atoms with Crippen molar-refractivity contribution < 1.29 is 28.7 Å². The fourth-order valence-electron chi connectivity index (χ4n) is 5.77. The fourth-order valence-corrected chi connectivity index (χ4v) is 5.97. The van der Waals surface area contributed by atoms with Crippen LogP contribution >= 0.6 is 11.6 Å². The molecule has 1 aliphatic rings. The van der Waals surface area contributed by atoms with Gasteiger partial charge >= 0.3 is 6.09 Å². The maximum atomic E-state index is 14.5. The van der Waals surface area contributed by atoms with Crippen molar-refractivity contribution in [2.45, 2.75) is 70.7 Å². The summed E-state index contributed by atoms with van der Waals surface area (Å²) in [5, 5.41) is 7.44. The van der Waals surface area contributed by atoms with Crippen molar-refractivity contribution in [1.82, 2.24) is 20.4 Å². The molecule has 12 heteroatoms. The van der Waals surface area contributed by atoms with E-state index in [0.29, 0.717) is 17.0 Å². The number of rotatable bonds is 10. The second-order valence-electron chi connectivity index (χ2n) is 12.6. The Morgan fingerprint density at radius 3 is 2.43 bits per heavy atom. The lowest BCUT2D eigenvalue weighted by molar-refractivity contribution is -0.148. The van der Waals surface area contributed by atoms with E-state index in [1.807, 2.05) is 49.4 Å². The summed E-state index contributed by atoms with van der Waals surface area (Å²) in [6.07, 6.45) is -0.176. The lowest BCUT2D eigenvalue weighted by atomic mass is 9.96. The zero-order valence-electron chi connectivity index (χ0n) is 27.1. The van der Waals surface area contributed by atoms with Gasteiger partial charge in [-0.3, -0.25) is 19.2 Å². The topological polar surface area (TPSA) is 151 Å². The van der Waals surface area contributed by atoms with Crippen LogP contribution in [0.3, 0.4) is 0 Å². The van der Waals surface area contributed by atoms with Crippen LogP contribution in [0.5, 0.6) is 0 Å². The van der Waals surface area contributed by atoms with Crippen molar-refractivity contribution in [2.24, 2.45) is 5.73 Å². The monoisotopic (exact) mass is 663 g/mol. The molecule has 0 aromatic heterocycles. The van der Waals surface area contributed by atoms with Gasteiger partial charge < -0.3 is 30.9 Å². The van der Waals surface area contributed by atoms with Crippen molar-refractivity contribution in [3.8, 4) is 0 Å². The molecular weight excluding hydrogens is 622 g/mol. The average Bonchev–Trinajstić information content (AvgIpc) is 3.13. The van der Waals surface area contributed by atoms with Crippen molar-refractivity contribution in [1.29, 1.82) is 0 Å². The van der Waals surface area contributed by atoms with Crippen LogP contribution in [0, 0.1) is 0 Å². The number of amides is 5. The Bertz CT molecular complexity index is 1630. The molecule has 3 unspecified atom stereocenters. The van der Waals surface area contributed by atoms with Crippen molar-refractivity contribution in [3.05, 3.63) is 82.9 Å². The van der Waals surface area contributed by atoms with Gasteiger partial charge in [0, 0.05) is 37.0 Å². The van der Waals surface area contributed by atoms with Crippen LogP contribution in [-0.2, 0) is 30.3 Å². The third kappa shape index (κ3) is 9.22. The molecule has 3 atom stereocenters. The van der Waals surface area contributed by atoms with E-state index in [4.69, 9.17) is 22.1 Å². The molecule has 4 rings (SSSR count). The molecule has 0 spiro atoms. The quantitative estimate of drug-likeness (QED) is 0.297. The Hall–Kier alpha value is -4.64. The summed E-state index contributed by atoms with van der Waals surface area (Å²) in [5.74, 6) is -2.08. The number of nitrogens with zero attached hydrogens (tertiary/aromatic N) is 2. The van der Waals surface area contributed by atoms with Crippen molar-refractivity contribution >= 4 is 52.1 Å². The highest BCUT2D eigenvalue weighted by Crippen LogP contribution is 2.33. The molecule has 47 heavy (non-hydrogen) atoms. The van der Waals surface area contributed by atoms with Crippen LogP contribution in [0.1, 0.15) is 57.7 Å². The normalized spacial score (nSPS) is 17.5. The minimum absolute atomic E-state index is 0.0127. The predicted molar refractivity (Wildman–Crippen MR) is 179 cm³/mol. The van der Waals surface area contributed by atoms with E-state index in [1.54, 1.807) is 45.0 Å². The first-order valence-electron chi connectivity index (χ1n) is 15.6. The number of fused-ring (bicyclic) bond motifs is 1. The van der Waals surface area contributed by atoms with Crippen molar-refractivity contribution in [2.75, 3.05) is 19.6 Å². The Morgan fingerprint density at radius 1 is 1.02 bits per heavy atom. The molecule has 5 amide bonds. The first kappa shape index (κ1) is 35.2. The number of ether oxygens (including phenoxy) is 1. The summed E-state index contributed by atoms with van der Waals surface area (Å²) in [6.45, 7) is 6.83. The van der Waals surface area contributed by atoms with Crippen LogP contribution in [0.15, 0.2) is 66.7 Å². The van der Waals surface area contributed by atoms with Gasteiger partial charge in [-0.05, 0) is 68.1 Å². The molecule has 0 bridgehead atoms.